The number of pyridine rings is 1. The van der Waals surface area contributed by atoms with Crippen LogP contribution in [0.4, 0.5) is 4.39 Å². The first-order valence-electron chi connectivity index (χ1n) is 6.25. The number of aliphatic carboxylic acids is 1. The zero-order valence-corrected chi connectivity index (χ0v) is 11.0. The van der Waals surface area contributed by atoms with Crippen molar-refractivity contribution in [1.82, 2.24) is 10.3 Å². The van der Waals surface area contributed by atoms with E-state index >= 15 is 0 Å². The standard InChI is InChI=1S/C15H13FN2O3/c16-12-6-2-1-4-10(12)8-13(15(20)21)18-14(19)11-5-3-7-17-9-11/h1-7,9,13H,8H2,(H,18,19)(H,20,21)/t13-/m0/s1. The van der Waals surface area contributed by atoms with Crippen molar-refractivity contribution in [3.63, 3.8) is 0 Å². The highest BCUT2D eigenvalue weighted by Crippen LogP contribution is 2.10. The normalized spacial score (nSPS) is 11.7. The van der Waals surface area contributed by atoms with Gasteiger partial charge in [0.15, 0.2) is 0 Å². The van der Waals surface area contributed by atoms with Gasteiger partial charge in [0.2, 0.25) is 0 Å². The fourth-order valence-corrected chi connectivity index (χ4v) is 1.82. The molecule has 1 aromatic carbocycles. The Hall–Kier alpha value is -2.76. The molecule has 21 heavy (non-hydrogen) atoms. The molecule has 2 aromatic rings. The van der Waals surface area contributed by atoms with Crippen molar-refractivity contribution >= 4 is 11.9 Å². The van der Waals surface area contributed by atoms with E-state index < -0.39 is 23.7 Å². The minimum absolute atomic E-state index is 0.131. The van der Waals surface area contributed by atoms with E-state index in [4.69, 9.17) is 5.11 Å². The molecule has 0 saturated carbocycles. The van der Waals surface area contributed by atoms with E-state index in [0.717, 1.165) is 0 Å². The van der Waals surface area contributed by atoms with Gasteiger partial charge in [-0.3, -0.25) is 9.78 Å². The maximum atomic E-state index is 13.6. The zero-order valence-electron chi connectivity index (χ0n) is 11.0. The average Bonchev–Trinajstić information content (AvgIpc) is 2.49. The van der Waals surface area contributed by atoms with Crippen LogP contribution in [0.1, 0.15) is 15.9 Å². The van der Waals surface area contributed by atoms with Crippen molar-refractivity contribution in [1.29, 1.82) is 0 Å². The van der Waals surface area contributed by atoms with Crippen LogP contribution in [0, 0.1) is 5.82 Å². The Labute approximate surface area is 120 Å². The highest BCUT2D eigenvalue weighted by molar-refractivity contribution is 5.96. The number of carbonyl (C=O) groups excluding carboxylic acids is 1. The molecule has 0 saturated heterocycles. The molecule has 0 aliphatic carbocycles. The average molecular weight is 288 g/mol. The van der Waals surface area contributed by atoms with Gasteiger partial charge in [-0.05, 0) is 23.8 Å². The lowest BCUT2D eigenvalue weighted by atomic mass is 10.0. The Balaban J connectivity index is 2.12. The molecule has 0 radical (unpaired) electrons. The second-order valence-electron chi connectivity index (χ2n) is 4.40. The Kier molecular flexibility index (Phi) is 4.61. The van der Waals surface area contributed by atoms with Crippen molar-refractivity contribution in [2.45, 2.75) is 12.5 Å². The smallest absolute Gasteiger partial charge is 0.326 e. The molecule has 1 heterocycles. The summed E-state index contributed by atoms with van der Waals surface area (Å²) < 4.78 is 13.6. The fraction of sp³-hybridized carbons (Fsp3) is 0.133. The number of rotatable bonds is 5. The maximum Gasteiger partial charge on any atom is 0.326 e. The second kappa shape index (κ2) is 6.60. The first-order valence-corrected chi connectivity index (χ1v) is 6.25. The fourth-order valence-electron chi connectivity index (χ4n) is 1.82. The van der Waals surface area contributed by atoms with E-state index in [-0.39, 0.29) is 17.5 Å². The van der Waals surface area contributed by atoms with Gasteiger partial charge in [0, 0.05) is 18.8 Å². The number of aromatic nitrogens is 1. The number of carboxylic acids is 1. The topological polar surface area (TPSA) is 79.3 Å². The van der Waals surface area contributed by atoms with Gasteiger partial charge in [0.25, 0.3) is 5.91 Å². The number of nitrogens with one attached hydrogen (secondary N) is 1. The monoisotopic (exact) mass is 288 g/mol. The van der Waals surface area contributed by atoms with E-state index in [9.17, 15) is 14.0 Å². The molecule has 2 rings (SSSR count). The maximum absolute atomic E-state index is 13.6. The summed E-state index contributed by atoms with van der Waals surface area (Å²) in [6.07, 6.45) is 2.70. The SMILES string of the molecule is O=C(N[C@@H](Cc1ccccc1F)C(=O)O)c1cccnc1. The summed E-state index contributed by atoms with van der Waals surface area (Å²) in [7, 11) is 0. The predicted molar refractivity (Wildman–Crippen MR) is 73.2 cm³/mol. The third-order valence-electron chi connectivity index (χ3n) is 2.91. The molecule has 6 heteroatoms. The molecule has 0 aliphatic rings. The molecule has 0 fully saturated rings. The number of carbonyl (C=O) groups is 2. The Morgan fingerprint density at radius 2 is 2.00 bits per heavy atom. The number of benzene rings is 1. The van der Waals surface area contributed by atoms with Crippen LogP contribution in [-0.4, -0.2) is 28.0 Å². The Morgan fingerprint density at radius 1 is 1.24 bits per heavy atom. The molecule has 0 bridgehead atoms. The van der Waals surface area contributed by atoms with Gasteiger partial charge in [0.1, 0.15) is 11.9 Å². The molecule has 2 N–H and O–H groups in total. The summed E-state index contributed by atoms with van der Waals surface area (Å²) in [4.78, 5) is 26.9. The number of hydrogen-bond acceptors (Lipinski definition) is 3. The number of halogens is 1. The van der Waals surface area contributed by atoms with E-state index in [1.807, 2.05) is 0 Å². The molecular formula is C15H13FN2O3. The third kappa shape index (κ3) is 3.85. The highest BCUT2D eigenvalue weighted by Gasteiger charge is 2.22. The molecular weight excluding hydrogens is 275 g/mol. The van der Waals surface area contributed by atoms with Gasteiger partial charge in [0.05, 0.1) is 5.56 Å². The molecule has 0 aliphatic heterocycles. The van der Waals surface area contributed by atoms with Crippen molar-refractivity contribution in [3.8, 4) is 0 Å². The third-order valence-corrected chi connectivity index (χ3v) is 2.91. The van der Waals surface area contributed by atoms with Gasteiger partial charge >= 0.3 is 5.97 Å². The molecule has 5 nitrogen and oxygen atoms in total. The summed E-state index contributed by atoms with van der Waals surface area (Å²) >= 11 is 0. The van der Waals surface area contributed by atoms with Crippen molar-refractivity contribution in [2.24, 2.45) is 0 Å². The number of amides is 1. The first kappa shape index (κ1) is 14.6. The van der Waals surface area contributed by atoms with Gasteiger partial charge < -0.3 is 10.4 Å². The summed E-state index contributed by atoms with van der Waals surface area (Å²) in [6.45, 7) is 0. The Bertz CT molecular complexity index is 646. The van der Waals surface area contributed by atoms with Gasteiger partial charge in [-0.25, -0.2) is 9.18 Å². The van der Waals surface area contributed by atoms with Crippen LogP contribution in [0.25, 0.3) is 0 Å². The quantitative estimate of drug-likeness (QED) is 0.876. The van der Waals surface area contributed by atoms with Crippen LogP contribution in [0.5, 0.6) is 0 Å². The van der Waals surface area contributed by atoms with Gasteiger partial charge in [-0.2, -0.15) is 0 Å². The van der Waals surface area contributed by atoms with Crippen molar-refractivity contribution in [2.75, 3.05) is 0 Å². The van der Waals surface area contributed by atoms with E-state index in [1.165, 1.54) is 36.7 Å². The lowest BCUT2D eigenvalue weighted by molar-refractivity contribution is -0.139. The van der Waals surface area contributed by atoms with Gasteiger partial charge in [-0.15, -0.1) is 0 Å². The van der Waals surface area contributed by atoms with Crippen molar-refractivity contribution < 1.29 is 19.1 Å². The minimum atomic E-state index is -1.23. The summed E-state index contributed by atoms with van der Waals surface area (Å²) in [5, 5.41) is 11.5. The van der Waals surface area contributed by atoms with Crippen LogP contribution in [0.3, 0.4) is 0 Å². The first-order chi connectivity index (χ1) is 10.1. The minimum Gasteiger partial charge on any atom is -0.480 e. The van der Waals surface area contributed by atoms with Crippen LogP contribution < -0.4 is 5.32 Å². The largest absolute Gasteiger partial charge is 0.480 e. The molecule has 1 amide bonds. The summed E-state index contributed by atoms with van der Waals surface area (Å²) in [5.74, 6) is -2.29. The van der Waals surface area contributed by atoms with Gasteiger partial charge in [-0.1, -0.05) is 18.2 Å². The predicted octanol–water partition coefficient (Wildman–Crippen LogP) is 1.65. The summed E-state index contributed by atoms with van der Waals surface area (Å²) in [6, 6.07) is 7.74. The Morgan fingerprint density at radius 3 is 2.62 bits per heavy atom. The second-order valence-corrected chi connectivity index (χ2v) is 4.40. The molecule has 108 valence electrons. The lowest BCUT2D eigenvalue weighted by Gasteiger charge is -2.15. The molecule has 0 unspecified atom stereocenters. The molecule has 1 aromatic heterocycles. The molecule has 1 atom stereocenters. The zero-order chi connectivity index (χ0) is 15.2. The van der Waals surface area contributed by atoms with Crippen LogP contribution >= 0.6 is 0 Å². The molecule has 0 spiro atoms. The summed E-state index contributed by atoms with van der Waals surface area (Å²) in [5.41, 5.74) is 0.480. The van der Waals surface area contributed by atoms with Crippen LogP contribution in [0.2, 0.25) is 0 Å². The van der Waals surface area contributed by atoms with E-state index in [1.54, 1.807) is 12.1 Å². The van der Waals surface area contributed by atoms with Crippen LogP contribution in [-0.2, 0) is 11.2 Å². The van der Waals surface area contributed by atoms with E-state index in [2.05, 4.69) is 10.3 Å². The number of nitrogens with zero attached hydrogens (tertiary/aromatic N) is 1. The van der Waals surface area contributed by atoms with Crippen molar-refractivity contribution in [3.05, 3.63) is 65.7 Å². The number of carboxylic acid groups (broad SMARTS) is 1. The highest BCUT2D eigenvalue weighted by atomic mass is 19.1. The van der Waals surface area contributed by atoms with E-state index in [0.29, 0.717) is 0 Å². The number of hydrogen-bond donors (Lipinski definition) is 2. The lowest BCUT2D eigenvalue weighted by Crippen LogP contribution is -2.42. The van der Waals surface area contributed by atoms with Crippen LogP contribution in [0.15, 0.2) is 48.8 Å².